The Hall–Kier alpha value is -3.33. The van der Waals surface area contributed by atoms with Gasteiger partial charge in [0.05, 0.1) is 6.61 Å². The maximum Gasteiger partial charge on any atom is 0.229 e. The standard InChI is InChI=1S/C21H22O13/c22-5-12-14(27)16(29)18(31)21(33-12)34-20-9(25)1-6(2-10(20)26)19-17(30)15(28)13-8(24)3-7(23)4-11(13)32-19/h1-4,12,14,16-19,21-27,29-31H,5H2/t12-,14-,16+,17?,18-,19?,21+/m1/s1. The molecular weight excluding hydrogens is 460 g/mol. The number of Topliss-reactive ketones (excluding diaryl/α,β-unsaturated/α-hetero) is 1. The van der Waals surface area contributed by atoms with Gasteiger partial charge >= 0.3 is 0 Å². The molecule has 2 aliphatic heterocycles. The molecule has 13 nitrogen and oxygen atoms in total. The van der Waals surface area contributed by atoms with Crippen molar-refractivity contribution >= 4 is 5.78 Å². The van der Waals surface area contributed by atoms with Crippen LogP contribution in [0.1, 0.15) is 22.0 Å². The molecule has 1 saturated heterocycles. The second kappa shape index (κ2) is 8.79. The molecule has 0 amide bonds. The van der Waals surface area contributed by atoms with E-state index >= 15 is 0 Å². The first kappa shape index (κ1) is 23.8. The van der Waals surface area contributed by atoms with E-state index in [-0.39, 0.29) is 16.9 Å². The second-order valence-electron chi connectivity index (χ2n) is 7.89. The Morgan fingerprint density at radius 1 is 0.853 bits per heavy atom. The Morgan fingerprint density at radius 2 is 1.50 bits per heavy atom. The highest BCUT2D eigenvalue weighted by molar-refractivity contribution is 6.05. The molecule has 2 aliphatic rings. The molecule has 34 heavy (non-hydrogen) atoms. The van der Waals surface area contributed by atoms with Crippen LogP contribution in [0, 0.1) is 0 Å². The van der Waals surface area contributed by atoms with Gasteiger partial charge in [-0.2, -0.15) is 0 Å². The molecule has 13 heteroatoms. The third-order valence-electron chi connectivity index (χ3n) is 5.60. The van der Waals surface area contributed by atoms with Crippen molar-refractivity contribution in [3.05, 3.63) is 35.4 Å². The molecule has 0 radical (unpaired) electrons. The number of carbonyl (C=O) groups excluding carboxylic acids is 1. The first-order chi connectivity index (χ1) is 16.0. The molecule has 2 aromatic rings. The number of aliphatic hydroxyl groups is 5. The molecule has 0 bridgehead atoms. The molecule has 0 spiro atoms. The van der Waals surface area contributed by atoms with Gasteiger partial charge in [0, 0.05) is 17.7 Å². The van der Waals surface area contributed by atoms with Crippen LogP contribution in [-0.2, 0) is 4.74 Å². The summed E-state index contributed by atoms with van der Waals surface area (Å²) in [7, 11) is 0. The SMILES string of the molecule is O=C1c2c(O)cc(O)cc2OC(c2cc(O)c(O[C@@H]3O[C@H](CO)[C@@H](O)[C@H](O)[C@H]3O)c(O)c2)C1O. The normalized spacial score (nSPS) is 31.0. The number of benzene rings is 2. The third kappa shape index (κ3) is 3.94. The molecule has 0 aliphatic carbocycles. The van der Waals surface area contributed by atoms with Gasteiger partial charge in [-0.1, -0.05) is 0 Å². The van der Waals surface area contributed by atoms with Crippen LogP contribution in [0.3, 0.4) is 0 Å². The monoisotopic (exact) mass is 482 g/mol. The molecule has 184 valence electrons. The average Bonchev–Trinajstić information content (AvgIpc) is 2.77. The molecule has 0 saturated carbocycles. The zero-order chi connectivity index (χ0) is 24.9. The highest BCUT2D eigenvalue weighted by Crippen LogP contribution is 2.45. The number of hydrogen-bond acceptors (Lipinski definition) is 13. The lowest BCUT2D eigenvalue weighted by Crippen LogP contribution is -2.60. The summed E-state index contributed by atoms with van der Waals surface area (Å²) in [5.41, 5.74) is -0.442. The smallest absolute Gasteiger partial charge is 0.229 e. The fourth-order valence-corrected chi connectivity index (χ4v) is 3.85. The molecular formula is C21H22O13. The number of ketones is 1. The van der Waals surface area contributed by atoms with E-state index in [1.165, 1.54) is 0 Å². The second-order valence-corrected chi connectivity index (χ2v) is 7.89. The molecule has 0 aromatic heterocycles. The minimum absolute atomic E-state index is 0.0921. The van der Waals surface area contributed by atoms with Crippen molar-refractivity contribution in [2.24, 2.45) is 0 Å². The summed E-state index contributed by atoms with van der Waals surface area (Å²) >= 11 is 0. The fourth-order valence-electron chi connectivity index (χ4n) is 3.85. The van der Waals surface area contributed by atoms with Gasteiger partial charge in [-0.25, -0.2) is 0 Å². The van der Waals surface area contributed by atoms with Gasteiger partial charge < -0.3 is 60.2 Å². The summed E-state index contributed by atoms with van der Waals surface area (Å²) in [5, 5.41) is 89.9. The summed E-state index contributed by atoms with van der Waals surface area (Å²) in [6.45, 7) is -0.723. The first-order valence-electron chi connectivity index (χ1n) is 10.0. The topological polar surface area (TPSA) is 227 Å². The van der Waals surface area contributed by atoms with Gasteiger partial charge in [0.15, 0.2) is 23.7 Å². The Bertz CT molecular complexity index is 1080. The third-order valence-corrected chi connectivity index (χ3v) is 5.60. The van der Waals surface area contributed by atoms with Gasteiger partial charge in [0.2, 0.25) is 17.8 Å². The Kier molecular flexibility index (Phi) is 6.16. The van der Waals surface area contributed by atoms with Crippen LogP contribution in [0.25, 0.3) is 0 Å². The number of hydrogen-bond donors (Lipinski definition) is 9. The van der Waals surface area contributed by atoms with Gasteiger partial charge in [0.25, 0.3) is 0 Å². The first-order valence-corrected chi connectivity index (χ1v) is 10.0. The number of fused-ring (bicyclic) bond motifs is 1. The van der Waals surface area contributed by atoms with E-state index in [1.807, 2.05) is 0 Å². The number of rotatable bonds is 4. The van der Waals surface area contributed by atoms with E-state index in [1.54, 1.807) is 0 Å². The summed E-state index contributed by atoms with van der Waals surface area (Å²) in [6.07, 6.45) is -11.5. The van der Waals surface area contributed by atoms with Crippen LogP contribution in [0.2, 0.25) is 0 Å². The summed E-state index contributed by atoms with van der Waals surface area (Å²) in [6, 6.07) is 3.90. The van der Waals surface area contributed by atoms with Crippen LogP contribution in [0.5, 0.6) is 34.5 Å². The average molecular weight is 482 g/mol. The number of carbonyl (C=O) groups is 1. The van der Waals surface area contributed by atoms with Crippen LogP contribution < -0.4 is 9.47 Å². The molecule has 9 N–H and O–H groups in total. The number of phenols is 4. The van der Waals surface area contributed by atoms with Crippen LogP contribution in [0.4, 0.5) is 0 Å². The lowest BCUT2D eigenvalue weighted by Gasteiger charge is -2.39. The summed E-state index contributed by atoms with van der Waals surface area (Å²) < 4.78 is 16.0. The van der Waals surface area contributed by atoms with Crippen molar-refractivity contribution in [1.82, 2.24) is 0 Å². The van der Waals surface area contributed by atoms with Crippen LogP contribution in [-0.4, -0.2) is 95.2 Å². The number of phenolic OH excluding ortho intramolecular Hbond substituents is 4. The van der Waals surface area contributed by atoms with Gasteiger partial charge in [-0.05, 0) is 12.1 Å². The van der Waals surface area contributed by atoms with Gasteiger partial charge in [-0.3, -0.25) is 4.79 Å². The quantitative estimate of drug-likeness (QED) is 0.239. The van der Waals surface area contributed by atoms with E-state index in [2.05, 4.69) is 0 Å². The predicted octanol–water partition coefficient (Wildman–Crippen LogP) is -1.64. The van der Waals surface area contributed by atoms with Crippen LogP contribution in [0.15, 0.2) is 24.3 Å². The maximum atomic E-state index is 12.6. The molecule has 4 rings (SSSR count). The van der Waals surface area contributed by atoms with Crippen LogP contribution >= 0.6 is 0 Å². The highest BCUT2D eigenvalue weighted by Gasteiger charge is 2.45. The minimum atomic E-state index is -1.85. The fraction of sp³-hybridized carbons (Fsp3) is 0.381. The zero-order valence-electron chi connectivity index (χ0n) is 17.2. The lowest BCUT2D eigenvalue weighted by atomic mass is 9.92. The van der Waals surface area contributed by atoms with Crippen molar-refractivity contribution in [3.63, 3.8) is 0 Å². The number of ether oxygens (including phenoxy) is 3. The van der Waals surface area contributed by atoms with Crippen molar-refractivity contribution in [2.45, 2.75) is 42.9 Å². The zero-order valence-corrected chi connectivity index (χ0v) is 17.2. The summed E-state index contributed by atoms with van der Waals surface area (Å²) in [4.78, 5) is 12.6. The highest BCUT2D eigenvalue weighted by atomic mass is 16.7. The summed E-state index contributed by atoms with van der Waals surface area (Å²) in [5.74, 6) is -4.26. The molecule has 2 unspecified atom stereocenters. The van der Waals surface area contributed by atoms with Crippen molar-refractivity contribution in [3.8, 4) is 34.5 Å². The van der Waals surface area contributed by atoms with Gasteiger partial charge in [0.1, 0.15) is 47.2 Å². The Labute approximate surface area is 190 Å². The Morgan fingerprint density at radius 3 is 2.12 bits per heavy atom. The number of aromatic hydroxyl groups is 4. The van der Waals surface area contributed by atoms with Crippen molar-refractivity contribution < 1.29 is 65.0 Å². The van der Waals surface area contributed by atoms with E-state index in [4.69, 9.17) is 14.2 Å². The Balaban J connectivity index is 1.62. The predicted molar refractivity (Wildman–Crippen MR) is 108 cm³/mol. The number of aliphatic hydroxyl groups excluding tert-OH is 5. The maximum absolute atomic E-state index is 12.6. The van der Waals surface area contributed by atoms with Crippen molar-refractivity contribution in [2.75, 3.05) is 6.61 Å². The van der Waals surface area contributed by atoms with Gasteiger partial charge in [-0.15, -0.1) is 0 Å². The van der Waals surface area contributed by atoms with E-state index in [0.717, 1.165) is 24.3 Å². The van der Waals surface area contributed by atoms with E-state index < -0.39 is 84.1 Å². The molecule has 2 heterocycles. The van der Waals surface area contributed by atoms with Crippen molar-refractivity contribution in [1.29, 1.82) is 0 Å². The van der Waals surface area contributed by atoms with E-state index in [9.17, 15) is 50.8 Å². The molecule has 2 aromatic carbocycles. The minimum Gasteiger partial charge on any atom is -0.508 e. The van der Waals surface area contributed by atoms with E-state index in [0.29, 0.717) is 0 Å². The lowest BCUT2D eigenvalue weighted by molar-refractivity contribution is -0.277. The molecule has 1 fully saturated rings. The largest absolute Gasteiger partial charge is 0.508 e. The molecule has 7 atom stereocenters.